The van der Waals surface area contributed by atoms with Gasteiger partial charge in [0, 0.05) is 12.6 Å². The fraction of sp³-hybridized carbons (Fsp3) is 0.800. The van der Waals surface area contributed by atoms with Crippen LogP contribution in [0.15, 0.2) is 0 Å². The Bertz CT molecular complexity index is 227. The minimum absolute atomic E-state index is 0.126. The maximum atomic E-state index is 11.3. The van der Waals surface area contributed by atoms with Gasteiger partial charge in [0.15, 0.2) is 0 Å². The van der Waals surface area contributed by atoms with Crippen LogP contribution < -0.4 is 0 Å². The summed E-state index contributed by atoms with van der Waals surface area (Å²) in [5.41, 5.74) is 0. The third-order valence-corrected chi connectivity index (χ3v) is 2.79. The van der Waals surface area contributed by atoms with Gasteiger partial charge in [-0.1, -0.05) is 19.8 Å². The van der Waals surface area contributed by atoms with Crippen LogP contribution in [0.3, 0.4) is 0 Å². The van der Waals surface area contributed by atoms with Crippen LogP contribution in [-0.4, -0.2) is 34.5 Å². The molecule has 1 rings (SSSR count). The zero-order valence-corrected chi connectivity index (χ0v) is 8.53. The van der Waals surface area contributed by atoms with Gasteiger partial charge in [-0.2, -0.15) is 0 Å². The molecule has 0 bridgehead atoms. The van der Waals surface area contributed by atoms with Crippen LogP contribution in [0.4, 0.5) is 0 Å². The standard InChI is InChI=1S/C10H17NO3/c1-2-8-6-4-3-5-7-11(8)9(12)10(13)14/h8H,2-7H2,1H3,(H,13,14). The molecule has 0 radical (unpaired) electrons. The molecule has 1 N–H and O–H groups in total. The van der Waals surface area contributed by atoms with Crippen molar-refractivity contribution in [2.45, 2.75) is 45.1 Å². The topological polar surface area (TPSA) is 57.6 Å². The van der Waals surface area contributed by atoms with Gasteiger partial charge in [-0.3, -0.25) is 4.79 Å². The van der Waals surface area contributed by atoms with Gasteiger partial charge < -0.3 is 10.0 Å². The average molecular weight is 199 g/mol. The van der Waals surface area contributed by atoms with Gasteiger partial charge in [0.1, 0.15) is 0 Å². The van der Waals surface area contributed by atoms with Gasteiger partial charge >= 0.3 is 11.9 Å². The van der Waals surface area contributed by atoms with E-state index in [1.54, 1.807) is 0 Å². The Balaban J connectivity index is 2.69. The minimum Gasteiger partial charge on any atom is -0.474 e. The van der Waals surface area contributed by atoms with Crippen LogP contribution >= 0.6 is 0 Å². The van der Waals surface area contributed by atoms with Crippen molar-refractivity contribution in [3.8, 4) is 0 Å². The molecule has 0 aromatic carbocycles. The lowest BCUT2D eigenvalue weighted by molar-refractivity contribution is -0.157. The zero-order chi connectivity index (χ0) is 10.6. The van der Waals surface area contributed by atoms with Gasteiger partial charge in [0.25, 0.3) is 0 Å². The maximum Gasteiger partial charge on any atom is 0.394 e. The quantitative estimate of drug-likeness (QED) is 0.647. The van der Waals surface area contributed by atoms with Gasteiger partial charge in [-0.15, -0.1) is 0 Å². The zero-order valence-electron chi connectivity index (χ0n) is 8.53. The summed E-state index contributed by atoms with van der Waals surface area (Å²) < 4.78 is 0. The second-order valence-electron chi connectivity index (χ2n) is 3.72. The summed E-state index contributed by atoms with van der Waals surface area (Å²) in [5.74, 6) is -2.07. The van der Waals surface area contributed by atoms with Gasteiger partial charge in [0.2, 0.25) is 0 Å². The van der Waals surface area contributed by atoms with Crippen molar-refractivity contribution in [2.75, 3.05) is 6.54 Å². The van der Waals surface area contributed by atoms with Crippen molar-refractivity contribution in [1.82, 2.24) is 4.90 Å². The summed E-state index contributed by atoms with van der Waals surface area (Å²) in [5, 5.41) is 8.65. The van der Waals surface area contributed by atoms with Crippen LogP contribution in [-0.2, 0) is 9.59 Å². The maximum absolute atomic E-state index is 11.3. The Morgan fingerprint density at radius 2 is 2.07 bits per heavy atom. The highest BCUT2D eigenvalue weighted by Crippen LogP contribution is 2.19. The Morgan fingerprint density at radius 3 is 2.64 bits per heavy atom. The monoisotopic (exact) mass is 199 g/mol. The molecule has 14 heavy (non-hydrogen) atoms. The lowest BCUT2D eigenvalue weighted by atomic mass is 10.1. The number of nitrogens with zero attached hydrogens (tertiary/aromatic N) is 1. The molecule has 0 aliphatic carbocycles. The first-order valence-electron chi connectivity index (χ1n) is 5.20. The molecule has 4 heteroatoms. The van der Waals surface area contributed by atoms with Gasteiger partial charge in [-0.25, -0.2) is 4.79 Å². The Hall–Kier alpha value is -1.06. The van der Waals surface area contributed by atoms with Crippen molar-refractivity contribution in [2.24, 2.45) is 0 Å². The second-order valence-corrected chi connectivity index (χ2v) is 3.72. The smallest absolute Gasteiger partial charge is 0.394 e. The number of hydrogen-bond acceptors (Lipinski definition) is 2. The molecule has 1 unspecified atom stereocenters. The molecule has 1 aliphatic rings. The van der Waals surface area contributed by atoms with E-state index >= 15 is 0 Å². The molecule has 0 saturated carbocycles. The number of carboxylic acids is 1. The Labute approximate surface area is 83.9 Å². The van der Waals surface area contributed by atoms with Crippen LogP contribution in [0.25, 0.3) is 0 Å². The van der Waals surface area contributed by atoms with E-state index in [1.807, 2.05) is 6.92 Å². The van der Waals surface area contributed by atoms with E-state index in [0.717, 1.165) is 32.1 Å². The van der Waals surface area contributed by atoms with Crippen LogP contribution in [0.1, 0.15) is 39.0 Å². The first kappa shape index (κ1) is 11.0. The number of hydrogen-bond donors (Lipinski definition) is 1. The fourth-order valence-electron chi connectivity index (χ4n) is 1.99. The predicted molar refractivity (Wildman–Crippen MR) is 51.9 cm³/mol. The first-order valence-corrected chi connectivity index (χ1v) is 5.20. The van der Waals surface area contributed by atoms with E-state index < -0.39 is 11.9 Å². The van der Waals surface area contributed by atoms with Crippen LogP contribution in [0, 0.1) is 0 Å². The third-order valence-electron chi connectivity index (χ3n) is 2.79. The molecule has 1 aliphatic heterocycles. The first-order chi connectivity index (χ1) is 6.66. The SMILES string of the molecule is CCC1CCCCCN1C(=O)C(=O)O. The number of rotatable bonds is 1. The number of aliphatic carboxylic acids is 1. The fourth-order valence-corrected chi connectivity index (χ4v) is 1.99. The molecule has 0 aromatic rings. The van der Waals surface area contributed by atoms with E-state index in [0.29, 0.717) is 6.54 Å². The van der Waals surface area contributed by atoms with Crippen molar-refractivity contribution < 1.29 is 14.7 Å². The number of amides is 1. The highest BCUT2D eigenvalue weighted by Gasteiger charge is 2.27. The van der Waals surface area contributed by atoms with Crippen molar-refractivity contribution in [3.63, 3.8) is 0 Å². The molecule has 1 amide bonds. The van der Waals surface area contributed by atoms with E-state index in [-0.39, 0.29) is 6.04 Å². The lowest BCUT2D eigenvalue weighted by Gasteiger charge is -2.27. The van der Waals surface area contributed by atoms with Crippen molar-refractivity contribution in [1.29, 1.82) is 0 Å². The molecule has 1 heterocycles. The highest BCUT2D eigenvalue weighted by molar-refractivity contribution is 6.31. The highest BCUT2D eigenvalue weighted by atomic mass is 16.4. The molecule has 1 atom stereocenters. The summed E-state index contributed by atoms with van der Waals surface area (Å²) >= 11 is 0. The number of carbonyl (C=O) groups is 2. The summed E-state index contributed by atoms with van der Waals surface area (Å²) in [7, 11) is 0. The minimum atomic E-state index is -1.33. The summed E-state index contributed by atoms with van der Waals surface area (Å²) in [6.07, 6.45) is 4.91. The van der Waals surface area contributed by atoms with E-state index in [4.69, 9.17) is 5.11 Å². The average Bonchev–Trinajstić information content (AvgIpc) is 2.40. The number of likely N-dealkylation sites (tertiary alicyclic amines) is 1. The van der Waals surface area contributed by atoms with E-state index in [2.05, 4.69) is 0 Å². The second kappa shape index (κ2) is 4.98. The molecule has 4 nitrogen and oxygen atoms in total. The van der Waals surface area contributed by atoms with Crippen LogP contribution in [0.2, 0.25) is 0 Å². The predicted octanol–water partition coefficient (Wildman–Crippen LogP) is 1.25. The van der Waals surface area contributed by atoms with Gasteiger partial charge in [0.05, 0.1) is 0 Å². The van der Waals surface area contributed by atoms with Crippen molar-refractivity contribution in [3.05, 3.63) is 0 Å². The largest absolute Gasteiger partial charge is 0.474 e. The summed E-state index contributed by atoms with van der Waals surface area (Å²) in [6.45, 7) is 2.60. The Kier molecular flexibility index (Phi) is 3.92. The molecule has 1 saturated heterocycles. The molecular weight excluding hydrogens is 182 g/mol. The van der Waals surface area contributed by atoms with Crippen LogP contribution in [0.5, 0.6) is 0 Å². The molecule has 1 fully saturated rings. The molecular formula is C10H17NO3. The normalized spacial score (nSPS) is 22.9. The number of carboxylic acid groups (broad SMARTS) is 1. The molecule has 80 valence electrons. The molecule has 0 spiro atoms. The van der Waals surface area contributed by atoms with E-state index in [1.165, 1.54) is 4.90 Å². The summed E-state index contributed by atoms with van der Waals surface area (Å²) in [6, 6.07) is 0.126. The van der Waals surface area contributed by atoms with Crippen molar-refractivity contribution >= 4 is 11.9 Å². The Morgan fingerprint density at radius 1 is 1.36 bits per heavy atom. The lowest BCUT2D eigenvalue weighted by Crippen LogP contribution is -2.43. The van der Waals surface area contributed by atoms with Gasteiger partial charge in [-0.05, 0) is 19.3 Å². The number of carbonyl (C=O) groups excluding carboxylic acids is 1. The van der Waals surface area contributed by atoms with E-state index in [9.17, 15) is 9.59 Å². The molecule has 0 aromatic heterocycles. The third kappa shape index (κ3) is 2.47. The summed E-state index contributed by atoms with van der Waals surface area (Å²) in [4.78, 5) is 23.5.